The van der Waals surface area contributed by atoms with Crippen LogP contribution in [0.4, 0.5) is 0 Å². The zero-order chi connectivity index (χ0) is 6.97. The van der Waals surface area contributed by atoms with E-state index in [-0.39, 0.29) is 0 Å². The van der Waals surface area contributed by atoms with Crippen LogP contribution in [0.1, 0.15) is 5.82 Å². The van der Waals surface area contributed by atoms with Gasteiger partial charge in [-0.3, -0.25) is 0 Å². The van der Waals surface area contributed by atoms with Crippen molar-refractivity contribution in [3.8, 4) is 0 Å². The maximum atomic E-state index is 3.89. The second-order valence-electron chi connectivity index (χ2n) is 1.81. The second kappa shape index (κ2) is 1.69. The molecule has 0 aromatic carbocycles. The van der Waals surface area contributed by atoms with Gasteiger partial charge in [0.1, 0.15) is 12.2 Å². The lowest BCUT2D eigenvalue weighted by Gasteiger charge is -1.89. The van der Waals surface area contributed by atoms with Gasteiger partial charge in [0.05, 0.1) is 0 Å². The molecule has 2 heterocycles. The molecular weight excluding hydrogens is 132 g/mol. The molecule has 2 aromatic rings. The minimum Gasteiger partial charge on any atom is -0.221 e. The topological polar surface area (TPSA) is 68.9 Å². The Bertz CT molecular complexity index is 351. The van der Waals surface area contributed by atoms with Gasteiger partial charge in [0.25, 0.3) is 5.78 Å². The van der Waals surface area contributed by atoms with E-state index in [2.05, 4.69) is 25.5 Å². The van der Waals surface area contributed by atoms with Crippen LogP contribution in [0.5, 0.6) is 0 Å². The van der Waals surface area contributed by atoms with Gasteiger partial charge in [-0.15, -0.1) is 0 Å². The molecule has 10 heavy (non-hydrogen) atoms. The fourth-order valence-corrected chi connectivity index (χ4v) is 0.691. The zero-order valence-electron chi connectivity index (χ0n) is 5.26. The van der Waals surface area contributed by atoms with Crippen LogP contribution in [0.25, 0.3) is 5.78 Å². The molecule has 2 aromatic heterocycles. The molecule has 50 valence electrons. The fourth-order valence-electron chi connectivity index (χ4n) is 0.691. The summed E-state index contributed by atoms with van der Waals surface area (Å²) in [5.41, 5.74) is 0. The molecule has 0 unspecified atom stereocenters. The van der Waals surface area contributed by atoms with Crippen molar-refractivity contribution in [2.75, 3.05) is 0 Å². The van der Waals surface area contributed by atoms with E-state index in [0.717, 1.165) is 5.82 Å². The molecule has 6 heteroatoms. The third-order valence-corrected chi connectivity index (χ3v) is 1.18. The lowest BCUT2D eigenvalue weighted by Crippen LogP contribution is -1.97. The van der Waals surface area contributed by atoms with Gasteiger partial charge in [-0.05, 0) is 17.4 Å². The summed E-state index contributed by atoms with van der Waals surface area (Å²) in [5, 5.41) is 10.7. The monoisotopic (exact) mass is 136 g/mol. The molecule has 2 rings (SSSR count). The molecule has 0 aliphatic carbocycles. The predicted molar refractivity (Wildman–Crippen MR) is 31.1 cm³/mol. The maximum Gasteiger partial charge on any atom is 0.276 e. The van der Waals surface area contributed by atoms with E-state index in [1.165, 1.54) is 10.8 Å². The van der Waals surface area contributed by atoms with Crippen LogP contribution in [0.3, 0.4) is 0 Å². The molecule has 0 fully saturated rings. The first-order valence-electron chi connectivity index (χ1n) is 2.73. The lowest BCUT2D eigenvalue weighted by atomic mass is 10.7. The third kappa shape index (κ3) is 0.554. The zero-order valence-corrected chi connectivity index (χ0v) is 5.26. The van der Waals surface area contributed by atoms with Gasteiger partial charge in [0.2, 0.25) is 0 Å². The van der Waals surface area contributed by atoms with Crippen molar-refractivity contribution >= 4 is 5.78 Å². The first-order valence-corrected chi connectivity index (χ1v) is 2.73. The van der Waals surface area contributed by atoms with Crippen LogP contribution < -0.4 is 0 Å². The minimum atomic E-state index is 0.479. The molecule has 0 aliphatic heterocycles. The van der Waals surface area contributed by atoms with Crippen LogP contribution in [0.15, 0.2) is 6.33 Å². The molecule has 0 saturated carbocycles. The van der Waals surface area contributed by atoms with Crippen molar-refractivity contribution in [1.82, 2.24) is 30.0 Å². The van der Waals surface area contributed by atoms with Gasteiger partial charge < -0.3 is 0 Å². The highest BCUT2D eigenvalue weighted by Gasteiger charge is 1.98. The number of aromatic nitrogens is 6. The van der Waals surface area contributed by atoms with E-state index in [1.807, 2.05) is 6.92 Å². The molecule has 0 atom stereocenters. The lowest BCUT2D eigenvalue weighted by molar-refractivity contribution is 0.772. The van der Waals surface area contributed by atoms with Gasteiger partial charge in [0, 0.05) is 0 Å². The van der Waals surface area contributed by atoms with E-state index in [0.29, 0.717) is 5.78 Å². The highest BCUT2D eigenvalue weighted by molar-refractivity contribution is 5.20. The SMILES string of the molecule is Cc1ncnc2nnnn12. The Morgan fingerprint density at radius 2 is 2.30 bits per heavy atom. The van der Waals surface area contributed by atoms with E-state index in [4.69, 9.17) is 0 Å². The van der Waals surface area contributed by atoms with Crippen molar-refractivity contribution in [2.24, 2.45) is 0 Å². The average Bonchev–Trinajstić information content (AvgIpc) is 2.36. The summed E-state index contributed by atoms with van der Waals surface area (Å²) in [6.45, 7) is 1.81. The molecule has 6 nitrogen and oxygen atoms in total. The van der Waals surface area contributed by atoms with E-state index >= 15 is 0 Å². The summed E-state index contributed by atoms with van der Waals surface area (Å²) >= 11 is 0. The summed E-state index contributed by atoms with van der Waals surface area (Å²) in [6.07, 6.45) is 1.43. The number of aryl methyl sites for hydroxylation is 1. The van der Waals surface area contributed by atoms with E-state index in [9.17, 15) is 0 Å². The molecule has 0 saturated heterocycles. The van der Waals surface area contributed by atoms with Crippen molar-refractivity contribution in [1.29, 1.82) is 0 Å². The number of nitrogens with zero attached hydrogens (tertiary/aromatic N) is 6. The second-order valence-corrected chi connectivity index (χ2v) is 1.81. The molecular formula is C4H4N6. The predicted octanol–water partition coefficient (Wildman–Crippen LogP) is -0.777. The summed E-state index contributed by atoms with van der Waals surface area (Å²) in [6, 6.07) is 0. The van der Waals surface area contributed by atoms with Crippen molar-refractivity contribution in [3.05, 3.63) is 12.2 Å². The molecule has 0 spiro atoms. The Morgan fingerprint density at radius 1 is 1.40 bits per heavy atom. The van der Waals surface area contributed by atoms with Crippen LogP contribution in [0, 0.1) is 6.92 Å². The molecule has 0 aliphatic rings. The van der Waals surface area contributed by atoms with Gasteiger partial charge in [-0.2, -0.15) is 9.50 Å². The Kier molecular flexibility index (Phi) is 0.883. The van der Waals surface area contributed by atoms with Crippen LogP contribution >= 0.6 is 0 Å². The quantitative estimate of drug-likeness (QED) is 0.475. The number of rotatable bonds is 0. The summed E-state index contributed by atoms with van der Waals surface area (Å²) in [4.78, 5) is 7.71. The molecule has 0 amide bonds. The minimum absolute atomic E-state index is 0.479. The van der Waals surface area contributed by atoms with Crippen molar-refractivity contribution in [3.63, 3.8) is 0 Å². The molecule has 0 N–H and O–H groups in total. The first-order chi connectivity index (χ1) is 4.88. The highest BCUT2D eigenvalue weighted by atomic mass is 15.5. The third-order valence-electron chi connectivity index (χ3n) is 1.18. The van der Waals surface area contributed by atoms with Gasteiger partial charge in [0.15, 0.2) is 0 Å². The number of hydrogen-bond acceptors (Lipinski definition) is 5. The number of tetrazole rings is 1. The molecule has 0 bridgehead atoms. The van der Waals surface area contributed by atoms with Crippen molar-refractivity contribution in [2.45, 2.75) is 6.92 Å². The number of fused-ring (bicyclic) bond motifs is 1. The molecule has 0 radical (unpaired) electrons. The first kappa shape index (κ1) is 5.21. The fraction of sp³-hybridized carbons (Fsp3) is 0.250. The largest absolute Gasteiger partial charge is 0.276 e. The summed E-state index contributed by atoms with van der Waals surface area (Å²) in [7, 11) is 0. The van der Waals surface area contributed by atoms with Crippen molar-refractivity contribution < 1.29 is 0 Å². The van der Waals surface area contributed by atoms with Crippen LogP contribution in [-0.4, -0.2) is 30.0 Å². The van der Waals surface area contributed by atoms with Crippen LogP contribution in [0.2, 0.25) is 0 Å². The van der Waals surface area contributed by atoms with Gasteiger partial charge in [-0.1, -0.05) is 5.10 Å². The Morgan fingerprint density at radius 3 is 3.10 bits per heavy atom. The van der Waals surface area contributed by atoms with Gasteiger partial charge in [-0.25, -0.2) is 4.98 Å². The summed E-state index contributed by atoms with van der Waals surface area (Å²) < 4.78 is 1.47. The smallest absolute Gasteiger partial charge is 0.221 e. The van der Waals surface area contributed by atoms with Crippen LogP contribution in [-0.2, 0) is 0 Å². The summed E-state index contributed by atoms with van der Waals surface area (Å²) in [5.74, 6) is 1.21. The Labute approximate surface area is 55.9 Å². The number of hydrogen-bond donors (Lipinski definition) is 0. The van der Waals surface area contributed by atoms with E-state index in [1.54, 1.807) is 0 Å². The standard InChI is InChI=1S/C4H4N6/c1-3-5-2-6-4-7-8-9-10(3)4/h2H,1H3. The highest BCUT2D eigenvalue weighted by Crippen LogP contribution is 1.90. The Balaban J connectivity index is 2.95. The van der Waals surface area contributed by atoms with E-state index < -0.39 is 0 Å². The maximum absolute atomic E-state index is 3.89. The Hall–Kier alpha value is -1.59. The van der Waals surface area contributed by atoms with Gasteiger partial charge >= 0.3 is 0 Å². The normalized spacial score (nSPS) is 10.5. The average molecular weight is 136 g/mol.